The number of rotatable bonds is 6. The highest BCUT2D eigenvalue weighted by molar-refractivity contribution is 5.54. The van der Waals surface area contributed by atoms with Crippen LogP contribution in [0.2, 0.25) is 0 Å². The average Bonchev–Trinajstić information content (AvgIpc) is 2.39. The maximum Gasteiger partial charge on any atom is 0.0807 e. The molecule has 17 heavy (non-hydrogen) atoms. The third-order valence-corrected chi connectivity index (χ3v) is 2.90. The van der Waals surface area contributed by atoms with Crippen LogP contribution in [-0.4, -0.2) is 18.2 Å². The van der Waals surface area contributed by atoms with Crippen molar-refractivity contribution < 1.29 is 5.11 Å². The van der Waals surface area contributed by atoms with Gasteiger partial charge in [0.05, 0.1) is 18.6 Å². The largest absolute Gasteiger partial charge is 0.388 e. The summed E-state index contributed by atoms with van der Waals surface area (Å²) >= 11 is 0. The Labute approximate surface area is 103 Å². The van der Waals surface area contributed by atoms with E-state index >= 15 is 0 Å². The number of benzene rings is 1. The predicted octanol–water partition coefficient (Wildman–Crippen LogP) is 2.87. The van der Waals surface area contributed by atoms with Crippen LogP contribution in [0.4, 0.5) is 5.69 Å². The van der Waals surface area contributed by atoms with E-state index in [-0.39, 0.29) is 0 Å². The number of aliphatic hydroxyl groups is 1. The molecule has 0 saturated heterocycles. The van der Waals surface area contributed by atoms with E-state index in [4.69, 9.17) is 5.26 Å². The molecule has 0 aliphatic heterocycles. The Morgan fingerprint density at radius 2 is 2.06 bits per heavy atom. The maximum absolute atomic E-state index is 9.99. The molecule has 0 amide bonds. The molecule has 0 unspecified atom stereocenters. The van der Waals surface area contributed by atoms with Crippen LogP contribution in [0, 0.1) is 11.3 Å². The Morgan fingerprint density at radius 1 is 1.35 bits per heavy atom. The van der Waals surface area contributed by atoms with Gasteiger partial charge in [-0.3, -0.25) is 0 Å². The molecule has 1 aromatic rings. The summed E-state index contributed by atoms with van der Waals surface area (Å²) in [6.07, 6.45) is 0.777. The van der Waals surface area contributed by atoms with E-state index in [1.807, 2.05) is 31.2 Å². The molecule has 0 heterocycles. The van der Waals surface area contributed by atoms with E-state index in [0.29, 0.717) is 19.4 Å². The lowest BCUT2D eigenvalue weighted by atomic mass is 10.0. The van der Waals surface area contributed by atoms with Crippen molar-refractivity contribution in [1.82, 2.24) is 0 Å². The first-order chi connectivity index (χ1) is 8.24. The molecular weight excluding hydrogens is 212 g/mol. The van der Waals surface area contributed by atoms with Crippen LogP contribution in [0.15, 0.2) is 24.3 Å². The van der Waals surface area contributed by atoms with Crippen molar-refractivity contribution in [3.8, 4) is 6.07 Å². The van der Waals surface area contributed by atoms with Crippen LogP contribution in [-0.2, 0) is 0 Å². The maximum atomic E-state index is 9.99. The molecule has 0 radical (unpaired) electrons. The molecule has 3 heteroatoms. The molecule has 1 N–H and O–H groups in total. The molecule has 1 aromatic carbocycles. The van der Waals surface area contributed by atoms with Crippen LogP contribution in [0.3, 0.4) is 0 Å². The minimum absolute atomic E-state index is 0.428. The monoisotopic (exact) mass is 232 g/mol. The van der Waals surface area contributed by atoms with Crippen molar-refractivity contribution in [2.24, 2.45) is 0 Å². The Kier molecular flexibility index (Phi) is 5.51. The van der Waals surface area contributed by atoms with Crippen molar-refractivity contribution in [2.45, 2.75) is 32.8 Å². The molecule has 0 aromatic heterocycles. The number of hydrogen-bond acceptors (Lipinski definition) is 3. The number of nitriles is 1. The van der Waals surface area contributed by atoms with Crippen LogP contribution in [0.5, 0.6) is 0 Å². The Morgan fingerprint density at radius 3 is 2.65 bits per heavy atom. The molecule has 0 aliphatic carbocycles. The number of nitrogens with zero attached hydrogens (tertiary/aromatic N) is 2. The van der Waals surface area contributed by atoms with Crippen LogP contribution in [0.25, 0.3) is 0 Å². The molecule has 0 bridgehead atoms. The normalized spacial score (nSPS) is 11.9. The zero-order valence-corrected chi connectivity index (χ0v) is 10.6. The van der Waals surface area contributed by atoms with Crippen LogP contribution >= 0.6 is 0 Å². The summed E-state index contributed by atoms with van der Waals surface area (Å²) in [4.78, 5) is 2.14. The van der Waals surface area contributed by atoms with Crippen molar-refractivity contribution in [3.63, 3.8) is 0 Å². The lowest BCUT2D eigenvalue weighted by Gasteiger charge is -2.26. The predicted molar refractivity (Wildman–Crippen MR) is 69.8 cm³/mol. The molecule has 92 valence electrons. The van der Waals surface area contributed by atoms with Gasteiger partial charge < -0.3 is 10.0 Å². The fourth-order valence-corrected chi connectivity index (χ4v) is 1.91. The second-order valence-corrected chi connectivity index (χ2v) is 3.97. The Bertz CT molecular complexity index is 384. The molecule has 0 spiro atoms. The van der Waals surface area contributed by atoms with Gasteiger partial charge in [0.25, 0.3) is 0 Å². The summed E-state index contributed by atoms with van der Waals surface area (Å²) in [5, 5.41) is 18.6. The van der Waals surface area contributed by atoms with Gasteiger partial charge in [0.2, 0.25) is 0 Å². The second kappa shape index (κ2) is 6.93. The quantitative estimate of drug-likeness (QED) is 0.820. The molecule has 1 atom stereocenters. The average molecular weight is 232 g/mol. The van der Waals surface area contributed by atoms with Gasteiger partial charge in [-0.15, -0.1) is 0 Å². The van der Waals surface area contributed by atoms with Gasteiger partial charge in [0.15, 0.2) is 0 Å². The minimum atomic E-state index is -0.428. The van der Waals surface area contributed by atoms with Gasteiger partial charge >= 0.3 is 0 Å². The smallest absolute Gasteiger partial charge is 0.0807 e. The summed E-state index contributed by atoms with van der Waals surface area (Å²) in [6, 6.07) is 10.0. The number of anilines is 1. The lowest BCUT2D eigenvalue weighted by Crippen LogP contribution is -2.25. The van der Waals surface area contributed by atoms with E-state index in [0.717, 1.165) is 17.8 Å². The van der Waals surface area contributed by atoms with E-state index in [2.05, 4.69) is 17.9 Å². The standard InChI is InChI=1S/C14H20N2O/c1-3-14(17)12-8-5-6-9-13(12)16(4-2)11-7-10-15/h5-6,8-9,14,17H,3-4,7,11H2,1-2H3/t14-/m0/s1. The molecule has 0 saturated carbocycles. The SMILES string of the molecule is CC[C@H](O)c1ccccc1N(CC)CCC#N. The number of aliphatic hydroxyl groups excluding tert-OH is 1. The van der Waals surface area contributed by atoms with Crippen molar-refractivity contribution in [1.29, 1.82) is 5.26 Å². The van der Waals surface area contributed by atoms with E-state index in [1.54, 1.807) is 0 Å². The van der Waals surface area contributed by atoms with Gasteiger partial charge in [0.1, 0.15) is 0 Å². The third-order valence-electron chi connectivity index (χ3n) is 2.90. The highest BCUT2D eigenvalue weighted by Gasteiger charge is 2.14. The highest BCUT2D eigenvalue weighted by Crippen LogP contribution is 2.28. The van der Waals surface area contributed by atoms with E-state index < -0.39 is 6.10 Å². The molecule has 1 rings (SSSR count). The number of hydrogen-bond donors (Lipinski definition) is 1. The van der Waals surface area contributed by atoms with Crippen LogP contribution in [0.1, 0.15) is 38.4 Å². The van der Waals surface area contributed by atoms with Gasteiger partial charge in [-0.2, -0.15) is 5.26 Å². The fraction of sp³-hybridized carbons (Fsp3) is 0.500. The summed E-state index contributed by atoms with van der Waals surface area (Å²) in [7, 11) is 0. The first-order valence-electron chi connectivity index (χ1n) is 6.13. The zero-order valence-electron chi connectivity index (χ0n) is 10.6. The van der Waals surface area contributed by atoms with E-state index in [9.17, 15) is 5.11 Å². The van der Waals surface area contributed by atoms with Crippen molar-refractivity contribution in [2.75, 3.05) is 18.0 Å². The van der Waals surface area contributed by atoms with Gasteiger partial charge in [-0.1, -0.05) is 25.1 Å². The zero-order chi connectivity index (χ0) is 12.7. The third kappa shape index (κ3) is 3.47. The topological polar surface area (TPSA) is 47.3 Å². The molecule has 3 nitrogen and oxygen atoms in total. The van der Waals surface area contributed by atoms with Crippen LogP contribution < -0.4 is 4.90 Å². The molecular formula is C14H20N2O. The number of para-hydroxylation sites is 1. The van der Waals surface area contributed by atoms with E-state index in [1.165, 1.54) is 0 Å². The summed E-state index contributed by atoms with van der Waals surface area (Å²) in [5.41, 5.74) is 1.99. The minimum Gasteiger partial charge on any atom is -0.388 e. The van der Waals surface area contributed by atoms with Gasteiger partial charge in [0, 0.05) is 24.3 Å². The van der Waals surface area contributed by atoms with Crippen molar-refractivity contribution in [3.05, 3.63) is 29.8 Å². The molecule has 0 fully saturated rings. The fourth-order valence-electron chi connectivity index (χ4n) is 1.91. The summed E-state index contributed by atoms with van der Waals surface area (Å²) < 4.78 is 0. The van der Waals surface area contributed by atoms with Crippen molar-refractivity contribution >= 4 is 5.69 Å². The van der Waals surface area contributed by atoms with Gasteiger partial charge in [-0.05, 0) is 19.4 Å². The molecule has 0 aliphatic rings. The lowest BCUT2D eigenvalue weighted by molar-refractivity contribution is 0.174. The first kappa shape index (κ1) is 13.5. The summed E-state index contributed by atoms with van der Waals surface area (Å²) in [6.45, 7) is 5.58. The highest BCUT2D eigenvalue weighted by atomic mass is 16.3. The second-order valence-electron chi connectivity index (χ2n) is 3.97. The Hall–Kier alpha value is -1.53. The first-order valence-corrected chi connectivity index (χ1v) is 6.13. The van der Waals surface area contributed by atoms with Gasteiger partial charge in [-0.25, -0.2) is 0 Å². The summed E-state index contributed by atoms with van der Waals surface area (Å²) in [5.74, 6) is 0. The Balaban J connectivity index is 2.98.